The van der Waals surface area contributed by atoms with Crippen LogP contribution in [0.5, 0.6) is 17.2 Å². The predicted molar refractivity (Wildman–Crippen MR) is 124 cm³/mol. The topological polar surface area (TPSA) is 113 Å². The SMILES string of the molecule is CCCCCCNC(=O)N[C@@]12C[C@H]1[C@H]2c1cc(Oc2ccnc3c2CCC(=O)N3)ccc1O. The van der Waals surface area contributed by atoms with Crippen LogP contribution in [-0.4, -0.2) is 34.1 Å². The van der Waals surface area contributed by atoms with Crippen molar-refractivity contribution in [2.45, 2.75) is 63.3 Å². The van der Waals surface area contributed by atoms with Gasteiger partial charge in [-0.15, -0.1) is 0 Å². The molecule has 0 spiro atoms. The zero-order chi connectivity index (χ0) is 23.0. The third-order valence-electron chi connectivity index (χ3n) is 7.00. The Kier molecular flexibility index (Phi) is 5.60. The normalized spacial score (nSPS) is 24.2. The van der Waals surface area contributed by atoms with Gasteiger partial charge in [0.1, 0.15) is 23.1 Å². The number of amides is 3. The Morgan fingerprint density at radius 1 is 1.27 bits per heavy atom. The van der Waals surface area contributed by atoms with Crippen LogP contribution in [0.25, 0.3) is 0 Å². The van der Waals surface area contributed by atoms with Crippen molar-refractivity contribution in [3.8, 4) is 17.2 Å². The minimum atomic E-state index is -0.246. The molecule has 2 heterocycles. The maximum absolute atomic E-state index is 12.3. The number of rotatable bonds is 9. The Bertz CT molecular complexity index is 1090. The summed E-state index contributed by atoms with van der Waals surface area (Å²) in [4.78, 5) is 28.2. The quantitative estimate of drug-likeness (QED) is 0.428. The smallest absolute Gasteiger partial charge is 0.315 e. The fraction of sp³-hybridized carbons (Fsp3) is 0.480. The van der Waals surface area contributed by atoms with Gasteiger partial charge in [-0.2, -0.15) is 0 Å². The molecule has 1 aromatic carbocycles. The molecule has 2 aromatic rings. The Morgan fingerprint density at radius 3 is 2.97 bits per heavy atom. The maximum atomic E-state index is 12.3. The van der Waals surface area contributed by atoms with Gasteiger partial charge in [0.2, 0.25) is 5.91 Å². The van der Waals surface area contributed by atoms with E-state index in [4.69, 9.17) is 4.74 Å². The standard InChI is InChI=1S/C25H30N4O4/c1-2-3-4-5-11-27-24(32)29-25-14-18(25)22(25)17-13-15(6-8-19(17)30)33-20-10-12-26-23-16(20)7-9-21(31)28-23/h6,8,10,12-13,18,22,30H,2-5,7,9,11,14H2,1H3,(H,26,28,31)(H2,27,29,32)/t18-,22+,25-/m0/s1. The summed E-state index contributed by atoms with van der Waals surface area (Å²) in [6, 6.07) is 6.87. The second-order valence-corrected chi connectivity index (χ2v) is 9.28. The number of carbonyl (C=O) groups is 2. The van der Waals surface area contributed by atoms with Gasteiger partial charge in [-0.1, -0.05) is 26.2 Å². The lowest BCUT2D eigenvalue weighted by Crippen LogP contribution is -2.41. The largest absolute Gasteiger partial charge is 0.508 e. The van der Waals surface area contributed by atoms with Crippen LogP contribution in [0.4, 0.5) is 10.6 Å². The van der Waals surface area contributed by atoms with Crippen molar-refractivity contribution in [2.75, 3.05) is 11.9 Å². The average molecular weight is 451 g/mol. The van der Waals surface area contributed by atoms with E-state index < -0.39 is 0 Å². The highest BCUT2D eigenvalue weighted by molar-refractivity contribution is 5.93. The molecule has 0 radical (unpaired) electrons. The summed E-state index contributed by atoms with van der Waals surface area (Å²) in [6.07, 6.45) is 7.98. The van der Waals surface area contributed by atoms with Gasteiger partial charge in [-0.25, -0.2) is 9.78 Å². The second-order valence-electron chi connectivity index (χ2n) is 9.28. The lowest BCUT2D eigenvalue weighted by atomic mass is 9.99. The molecular weight excluding hydrogens is 420 g/mol. The van der Waals surface area contributed by atoms with Gasteiger partial charge in [-0.3, -0.25) is 4.79 Å². The van der Waals surface area contributed by atoms with Gasteiger partial charge in [0, 0.05) is 36.2 Å². The molecule has 4 N–H and O–H groups in total. The number of carbonyl (C=O) groups excluding carboxylic acids is 2. The molecule has 33 heavy (non-hydrogen) atoms. The van der Waals surface area contributed by atoms with Crippen LogP contribution in [0.3, 0.4) is 0 Å². The van der Waals surface area contributed by atoms with E-state index >= 15 is 0 Å². The third kappa shape index (κ3) is 4.21. The van der Waals surface area contributed by atoms with Crippen molar-refractivity contribution in [3.63, 3.8) is 0 Å². The van der Waals surface area contributed by atoms with E-state index in [0.29, 0.717) is 42.6 Å². The van der Waals surface area contributed by atoms with Crippen LogP contribution in [0.2, 0.25) is 0 Å². The summed E-state index contributed by atoms with van der Waals surface area (Å²) in [5.74, 6) is 2.41. The predicted octanol–water partition coefficient (Wildman–Crippen LogP) is 4.20. The highest BCUT2D eigenvalue weighted by Gasteiger charge is 2.80. The first-order valence-corrected chi connectivity index (χ1v) is 11.9. The first-order chi connectivity index (χ1) is 16.0. The Balaban J connectivity index is 1.24. The molecule has 3 atom stereocenters. The van der Waals surface area contributed by atoms with Crippen molar-refractivity contribution >= 4 is 17.8 Å². The zero-order valence-corrected chi connectivity index (χ0v) is 18.8. The zero-order valence-electron chi connectivity index (χ0n) is 18.8. The Morgan fingerprint density at radius 2 is 2.15 bits per heavy atom. The van der Waals surface area contributed by atoms with Gasteiger partial charge < -0.3 is 25.8 Å². The number of aromatic nitrogens is 1. The van der Waals surface area contributed by atoms with Crippen LogP contribution in [0, 0.1) is 5.92 Å². The van der Waals surface area contributed by atoms with E-state index in [1.54, 1.807) is 24.4 Å². The number of aromatic hydroxyl groups is 1. The van der Waals surface area contributed by atoms with E-state index in [0.717, 1.165) is 30.4 Å². The number of nitrogens with one attached hydrogen (secondary N) is 3. The van der Waals surface area contributed by atoms with Gasteiger partial charge >= 0.3 is 6.03 Å². The highest BCUT2D eigenvalue weighted by Crippen LogP contribution is 2.77. The highest BCUT2D eigenvalue weighted by atomic mass is 16.5. The maximum Gasteiger partial charge on any atom is 0.315 e. The number of fused-ring (bicyclic) bond motifs is 2. The molecule has 0 unspecified atom stereocenters. The van der Waals surface area contributed by atoms with E-state index in [1.165, 1.54) is 12.8 Å². The fourth-order valence-electron chi connectivity index (χ4n) is 4.96. The van der Waals surface area contributed by atoms with Crippen LogP contribution >= 0.6 is 0 Å². The van der Waals surface area contributed by atoms with Crippen molar-refractivity contribution in [1.29, 1.82) is 0 Å². The molecule has 1 aliphatic heterocycles. The summed E-state index contributed by atoms with van der Waals surface area (Å²) in [5, 5.41) is 19.4. The van der Waals surface area contributed by atoms with E-state index in [1.807, 2.05) is 6.07 Å². The molecule has 5 rings (SSSR count). The average Bonchev–Trinajstić information content (AvgIpc) is 3.65. The lowest BCUT2D eigenvalue weighted by molar-refractivity contribution is -0.116. The Hall–Kier alpha value is -3.29. The third-order valence-corrected chi connectivity index (χ3v) is 7.00. The van der Waals surface area contributed by atoms with Crippen LogP contribution in [-0.2, 0) is 11.2 Å². The van der Waals surface area contributed by atoms with Crippen molar-refractivity contribution in [2.24, 2.45) is 5.92 Å². The number of benzene rings is 1. The molecule has 174 valence electrons. The van der Waals surface area contributed by atoms with Gasteiger partial charge in [0.15, 0.2) is 0 Å². The number of phenols is 1. The molecule has 2 saturated carbocycles. The molecule has 3 aliphatic rings. The molecule has 2 fully saturated rings. The van der Waals surface area contributed by atoms with E-state index in [2.05, 4.69) is 27.9 Å². The number of nitrogens with zero attached hydrogens (tertiary/aromatic N) is 1. The number of phenolic OH excluding ortho intramolecular Hbond substituents is 1. The molecule has 3 amide bonds. The monoisotopic (exact) mass is 450 g/mol. The molecule has 2 aliphatic carbocycles. The van der Waals surface area contributed by atoms with Gasteiger partial charge in [-0.05, 0) is 49.4 Å². The number of hydrogen-bond donors (Lipinski definition) is 4. The molecular formula is C25H30N4O4. The van der Waals surface area contributed by atoms with Crippen molar-refractivity contribution in [3.05, 3.63) is 41.6 Å². The molecule has 0 bridgehead atoms. The van der Waals surface area contributed by atoms with Crippen molar-refractivity contribution in [1.82, 2.24) is 15.6 Å². The fourth-order valence-corrected chi connectivity index (χ4v) is 4.96. The number of anilines is 1. The molecule has 0 saturated heterocycles. The number of unbranched alkanes of at least 4 members (excludes halogenated alkanes) is 3. The molecule has 1 aromatic heterocycles. The van der Waals surface area contributed by atoms with E-state index in [9.17, 15) is 14.7 Å². The van der Waals surface area contributed by atoms with Crippen molar-refractivity contribution < 1.29 is 19.4 Å². The van der Waals surface area contributed by atoms with E-state index in [-0.39, 0.29) is 29.1 Å². The van der Waals surface area contributed by atoms with Crippen LogP contribution < -0.4 is 20.7 Å². The summed E-state index contributed by atoms with van der Waals surface area (Å²) in [7, 11) is 0. The minimum absolute atomic E-state index is 0.0465. The summed E-state index contributed by atoms with van der Waals surface area (Å²) < 4.78 is 6.13. The van der Waals surface area contributed by atoms with Crippen LogP contribution in [0.1, 0.15) is 62.5 Å². The first-order valence-electron chi connectivity index (χ1n) is 11.9. The summed E-state index contributed by atoms with van der Waals surface area (Å²) >= 11 is 0. The number of pyridine rings is 1. The Labute approximate surface area is 193 Å². The van der Waals surface area contributed by atoms with Gasteiger partial charge in [0.25, 0.3) is 0 Å². The second kappa shape index (κ2) is 8.57. The lowest BCUT2D eigenvalue weighted by Gasteiger charge is -2.20. The number of urea groups is 1. The first kappa shape index (κ1) is 21.6. The molecule has 8 nitrogen and oxygen atoms in total. The molecule has 8 heteroatoms. The van der Waals surface area contributed by atoms with Gasteiger partial charge in [0.05, 0.1) is 5.54 Å². The number of hydrogen-bond acceptors (Lipinski definition) is 5. The number of ether oxygens (including phenoxy) is 1. The summed E-state index contributed by atoms with van der Waals surface area (Å²) in [6.45, 7) is 2.85. The minimum Gasteiger partial charge on any atom is -0.508 e. The summed E-state index contributed by atoms with van der Waals surface area (Å²) in [5.41, 5.74) is 1.42. The van der Waals surface area contributed by atoms with Crippen LogP contribution in [0.15, 0.2) is 30.5 Å².